The van der Waals surface area contributed by atoms with Crippen LogP contribution in [-0.4, -0.2) is 40.7 Å². The minimum absolute atomic E-state index is 0.865. The van der Waals surface area contributed by atoms with Crippen LogP contribution in [0.25, 0.3) is 9.88 Å². The molecule has 5 nitrogen and oxygen atoms in total. The molecule has 104 valence electrons. The Morgan fingerprint density at radius 1 is 1.16 bits per heavy atom. The van der Waals surface area contributed by atoms with E-state index in [0.29, 0.717) is 0 Å². The Labute approximate surface area is 121 Å². The van der Waals surface area contributed by atoms with Crippen molar-refractivity contribution >= 4 is 27.8 Å². The van der Waals surface area contributed by atoms with Gasteiger partial charge in [-0.15, -0.1) is 21.5 Å². The summed E-state index contributed by atoms with van der Waals surface area (Å²) in [7, 11) is 4.11. The fourth-order valence-corrected chi connectivity index (χ4v) is 3.86. The predicted molar refractivity (Wildman–Crippen MR) is 81.9 cm³/mol. The third-order valence-corrected chi connectivity index (χ3v) is 4.59. The fourth-order valence-electron chi connectivity index (χ4n) is 1.68. The molecule has 0 aliphatic carbocycles. The molecule has 0 aliphatic heterocycles. The predicted octanol–water partition coefficient (Wildman–Crippen LogP) is 2.72. The first-order valence-corrected chi connectivity index (χ1v) is 7.98. The number of nitrogens with one attached hydrogen (secondary N) is 1. The lowest BCUT2D eigenvalue weighted by Crippen LogP contribution is -2.10. The lowest BCUT2D eigenvalue weighted by molar-refractivity contribution is 0.401. The van der Waals surface area contributed by atoms with Crippen LogP contribution in [0.2, 0.25) is 0 Å². The zero-order valence-electron chi connectivity index (χ0n) is 11.7. The van der Waals surface area contributed by atoms with Gasteiger partial charge in [-0.2, -0.15) is 0 Å². The molecule has 19 heavy (non-hydrogen) atoms. The molecule has 0 bridgehead atoms. The number of thiazole rings is 1. The Morgan fingerprint density at radius 3 is 2.58 bits per heavy atom. The number of aromatic nitrogens is 3. The van der Waals surface area contributed by atoms with E-state index in [-0.39, 0.29) is 0 Å². The van der Waals surface area contributed by atoms with Crippen LogP contribution in [0.3, 0.4) is 0 Å². The van der Waals surface area contributed by atoms with Crippen LogP contribution >= 0.6 is 22.7 Å². The highest BCUT2D eigenvalue weighted by Crippen LogP contribution is 2.34. The van der Waals surface area contributed by atoms with E-state index in [1.807, 2.05) is 0 Å². The van der Waals surface area contributed by atoms with Crippen LogP contribution in [0.4, 0.5) is 5.13 Å². The lowest BCUT2D eigenvalue weighted by Gasteiger charge is -2.04. The summed E-state index contributed by atoms with van der Waals surface area (Å²) in [5.41, 5.74) is 1.13. The first kappa shape index (κ1) is 14.4. The molecule has 0 saturated carbocycles. The van der Waals surface area contributed by atoms with Crippen molar-refractivity contribution in [2.24, 2.45) is 0 Å². The number of hydrogen-bond donors (Lipinski definition) is 1. The molecular weight excluding hydrogens is 278 g/mol. The summed E-state index contributed by atoms with van der Waals surface area (Å²) in [6.07, 6.45) is 0.926. The normalized spacial score (nSPS) is 11.2. The standard InChI is InChI=1S/C12H19N5S2/c1-5-8-10(18-9(14-8)7-17(3)4)11-15-16-12(19-11)13-6-2/h5-7H2,1-4H3,(H,13,16). The summed E-state index contributed by atoms with van der Waals surface area (Å²) >= 11 is 3.32. The maximum Gasteiger partial charge on any atom is 0.206 e. The second-order valence-electron chi connectivity index (χ2n) is 4.42. The Balaban J connectivity index is 2.28. The van der Waals surface area contributed by atoms with Gasteiger partial charge in [-0.3, -0.25) is 0 Å². The zero-order valence-corrected chi connectivity index (χ0v) is 13.4. The number of hydrogen-bond acceptors (Lipinski definition) is 7. The van der Waals surface area contributed by atoms with Crippen molar-refractivity contribution in [3.05, 3.63) is 10.7 Å². The van der Waals surface area contributed by atoms with Gasteiger partial charge >= 0.3 is 0 Å². The smallest absolute Gasteiger partial charge is 0.206 e. The highest BCUT2D eigenvalue weighted by molar-refractivity contribution is 7.23. The van der Waals surface area contributed by atoms with Crippen molar-refractivity contribution in [1.29, 1.82) is 0 Å². The minimum atomic E-state index is 0.865. The average molecular weight is 297 g/mol. The number of rotatable bonds is 6. The Kier molecular flexibility index (Phi) is 4.84. The van der Waals surface area contributed by atoms with Crippen LogP contribution in [0, 0.1) is 0 Å². The molecule has 0 unspecified atom stereocenters. The SMILES string of the molecule is CCNc1nnc(-c2sc(CN(C)C)nc2CC)s1. The summed E-state index contributed by atoms with van der Waals surface area (Å²) in [5.74, 6) is 0. The summed E-state index contributed by atoms with van der Waals surface area (Å²) < 4.78 is 0. The molecule has 1 N–H and O–H groups in total. The van der Waals surface area contributed by atoms with E-state index < -0.39 is 0 Å². The molecular formula is C12H19N5S2. The Hall–Kier alpha value is -1.05. The lowest BCUT2D eigenvalue weighted by atomic mass is 10.3. The topological polar surface area (TPSA) is 53.9 Å². The van der Waals surface area contributed by atoms with Crippen LogP contribution in [-0.2, 0) is 13.0 Å². The molecule has 0 aromatic carbocycles. The molecule has 2 heterocycles. The van der Waals surface area contributed by atoms with Crippen molar-refractivity contribution in [1.82, 2.24) is 20.1 Å². The van der Waals surface area contributed by atoms with Gasteiger partial charge in [-0.05, 0) is 27.4 Å². The number of nitrogens with zero attached hydrogens (tertiary/aromatic N) is 4. The molecule has 0 fully saturated rings. The van der Waals surface area contributed by atoms with E-state index in [0.717, 1.165) is 40.4 Å². The third-order valence-electron chi connectivity index (χ3n) is 2.48. The van der Waals surface area contributed by atoms with Crippen molar-refractivity contribution in [2.75, 3.05) is 26.0 Å². The van der Waals surface area contributed by atoms with E-state index >= 15 is 0 Å². The van der Waals surface area contributed by atoms with Gasteiger partial charge in [0.1, 0.15) is 5.01 Å². The van der Waals surface area contributed by atoms with E-state index in [1.54, 1.807) is 22.7 Å². The number of anilines is 1. The Bertz CT molecular complexity index is 532. The van der Waals surface area contributed by atoms with Gasteiger partial charge in [-0.25, -0.2) is 4.98 Å². The van der Waals surface area contributed by atoms with E-state index in [1.165, 1.54) is 4.88 Å². The van der Waals surface area contributed by atoms with Crippen LogP contribution < -0.4 is 5.32 Å². The highest BCUT2D eigenvalue weighted by Gasteiger charge is 2.16. The molecule has 0 atom stereocenters. The Morgan fingerprint density at radius 2 is 1.95 bits per heavy atom. The maximum atomic E-state index is 4.70. The van der Waals surface area contributed by atoms with Crippen molar-refractivity contribution in [3.8, 4) is 9.88 Å². The van der Waals surface area contributed by atoms with Gasteiger partial charge in [0, 0.05) is 13.1 Å². The summed E-state index contributed by atoms with van der Waals surface area (Å²) in [4.78, 5) is 7.99. The van der Waals surface area contributed by atoms with Crippen LogP contribution in [0.5, 0.6) is 0 Å². The fraction of sp³-hybridized carbons (Fsp3) is 0.583. The first-order chi connectivity index (χ1) is 9.13. The van der Waals surface area contributed by atoms with Crippen molar-refractivity contribution in [2.45, 2.75) is 26.8 Å². The van der Waals surface area contributed by atoms with Crippen LogP contribution in [0.15, 0.2) is 0 Å². The van der Waals surface area contributed by atoms with Crippen LogP contribution in [0.1, 0.15) is 24.5 Å². The van der Waals surface area contributed by atoms with E-state index in [4.69, 9.17) is 4.98 Å². The largest absolute Gasteiger partial charge is 0.360 e. The second kappa shape index (κ2) is 6.40. The molecule has 7 heteroatoms. The first-order valence-electron chi connectivity index (χ1n) is 6.35. The van der Waals surface area contributed by atoms with Crippen molar-refractivity contribution < 1.29 is 0 Å². The monoisotopic (exact) mass is 297 g/mol. The average Bonchev–Trinajstić information content (AvgIpc) is 2.95. The van der Waals surface area contributed by atoms with Gasteiger partial charge in [0.05, 0.1) is 10.6 Å². The van der Waals surface area contributed by atoms with E-state index in [2.05, 4.69) is 48.4 Å². The van der Waals surface area contributed by atoms with Crippen molar-refractivity contribution in [3.63, 3.8) is 0 Å². The minimum Gasteiger partial charge on any atom is -0.360 e. The second-order valence-corrected chi connectivity index (χ2v) is 6.48. The molecule has 0 amide bonds. The van der Waals surface area contributed by atoms with Gasteiger partial charge in [0.2, 0.25) is 5.13 Å². The molecule has 0 aliphatic rings. The zero-order chi connectivity index (χ0) is 13.8. The molecule has 2 aromatic rings. The van der Waals surface area contributed by atoms with Gasteiger partial charge in [-0.1, -0.05) is 18.3 Å². The van der Waals surface area contributed by atoms with Gasteiger partial charge in [0.25, 0.3) is 0 Å². The van der Waals surface area contributed by atoms with Gasteiger partial charge < -0.3 is 10.2 Å². The number of aryl methyl sites for hydroxylation is 1. The summed E-state index contributed by atoms with van der Waals surface area (Å²) in [6, 6.07) is 0. The summed E-state index contributed by atoms with van der Waals surface area (Å²) in [6.45, 7) is 5.92. The molecule has 0 radical (unpaired) electrons. The third kappa shape index (κ3) is 3.49. The molecule has 0 saturated heterocycles. The molecule has 2 aromatic heterocycles. The molecule has 2 rings (SSSR count). The quantitative estimate of drug-likeness (QED) is 0.888. The van der Waals surface area contributed by atoms with E-state index in [9.17, 15) is 0 Å². The molecule has 0 spiro atoms. The highest BCUT2D eigenvalue weighted by atomic mass is 32.1. The van der Waals surface area contributed by atoms with Gasteiger partial charge in [0.15, 0.2) is 5.01 Å². The maximum absolute atomic E-state index is 4.70. The summed E-state index contributed by atoms with van der Waals surface area (Å²) in [5, 5.41) is 14.6.